The number of likely N-dealkylation sites (N-methyl/N-ethyl adjacent to an activating group) is 1. The Balaban J connectivity index is 2.04. The first kappa shape index (κ1) is 24.6. The van der Waals surface area contributed by atoms with Crippen LogP contribution in [0.5, 0.6) is 5.75 Å². The van der Waals surface area contributed by atoms with E-state index in [1.807, 2.05) is 19.1 Å². The molecule has 10 nitrogen and oxygen atoms in total. The van der Waals surface area contributed by atoms with Gasteiger partial charge in [0.25, 0.3) is 5.91 Å². The monoisotopic (exact) mass is 478 g/mol. The van der Waals surface area contributed by atoms with Crippen LogP contribution in [0.15, 0.2) is 24.5 Å². The third-order valence-corrected chi connectivity index (χ3v) is 6.52. The fraction of sp³-hybridized carbons (Fsp3) is 0.500. The quantitative estimate of drug-likeness (QED) is 0.598. The Hall–Kier alpha value is -3.08. The van der Waals surface area contributed by atoms with Crippen LogP contribution in [0.25, 0.3) is 11.1 Å². The standard InChI is InChI=1S/C22H30N4O6S/c1-15-6-7-18-19(26(15)22(28)31-4)9-8-17(21(18)32-14-20(27)24(2)3)16-12-23-25(13-16)10-11-33(5,29)30/h8-9,12-13,15H,6-7,10-11,14H2,1-5H3. The van der Waals surface area contributed by atoms with Gasteiger partial charge >= 0.3 is 6.09 Å². The molecule has 1 aliphatic rings. The topological polar surface area (TPSA) is 111 Å². The molecule has 0 saturated heterocycles. The van der Waals surface area contributed by atoms with Gasteiger partial charge in [-0.25, -0.2) is 13.2 Å². The minimum atomic E-state index is -3.12. The molecule has 33 heavy (non-hydrogen) atoms. The molecule has 0 radical (unpaired) electrons. The Morgan fingerprint density at radius 2 is 2.00 bits per heavy atom. The Kier molecular flexibility index (Phi) is 7.31. The minimum Gasteiger partial charge on any atom is -0.483 e. The SMILES string of the molecule is COC(=O)N1c2ccc(-c3cnn(CCS(C)(=O)=O)c3)c(OCC(=O)N(C)C)c2CCC1C. The molecule has 1 atom stereocenters. The predicted molar refractivity (Wildman–Crippen MR) is 124 cm³/mol. The van der Waals surface area contributed by atoms with Gasteiger partial charge in [0, 0.05) is 49.3 Å². The van der Waals surface area contributed by atoms with Gasteiger partial charge in [-0.1, -0.05) is 0 Å². The number of benzene rings is 1. The minimum absolute atomic E-state index is 0.0228. The normalized spacial score (nSPS) is 15.7. The first-order valence-electron chi connectivity index (χ1n) is 10.6. The molecule has 0 aliphatic carbocycles. The number of fused-ring (bicyclic) bond motifs is 1. The third-order valence-electron chi connectivity index (χ3n) is 5.59. The molecular formula is C22H30N4O6S. The summed E-state index contributed by atoms with van der Waals surface area (Å²) >= 11 is 0. The number of nitrogens with zero attached hydrogens (tertiary/aromatic N) is 4. The van der Waals surface area contributed by atoms with Gasteiger partial charge in [0.15, 0.2) is 6.61 Å². The van der Waals surface area contributed by atoms with E-state index in [0.29, 0.717) is 29.8 Å². The number of ether oxygens (including phenoxy) is 2. The van der Waals surface area contributed by atoms with Crippen LogP contribution in [0.1, 0.15) is 18.9 Å². The highest BCUT2D eigenvalue weighted by atomic mass is 32.2. The summed E-state index contributed by atoms with van der Waals surface area (Å²) in [4.78, 5) is 27.7. The Bertz CT molecular complexity index is 1140. The molecule has 1 aromatic carbocycles. The molecule has 1 unspecified atom stereocenters. The van der Waals surface area contributed by atoms with Crippen molar-refractivity contribution < 1.29 is 27.5 Å². The van der Waals surface area contributed by atoms with Crippen LogP contribution < -0.4 is 9.64 Å². The van der Waals surface area contributed by atoms with Gasteiger partial charge in [0.1, 0.15) is 15.6 Å². The van der Waals surface area contributed by atoms with Crippen molar-refractivity contribution >= 4 is 27.5 Å². The maximum atomic E-state index is 12.5. The van der Waals surface area contributed by atoms with Crippen LogP contribution in [0, 0.1) is 0 Å². The van der Waals surface area contributed by atoms with E-state index < -0.39 is 15.9 Å². The molecule has 3 rings (SSSR count). The van der Waals surface area contributed by atoms with E-state index in [1.54, 1.807) is 36.1 Å². The summed E-state index contributed by atoms with van der Waals surface area (Å²) in [5.74, 6) is 0.285. The number of methoxy groups -OCH3 is 1. The van der Waals surface area contributed by atoms with Crippen LogP contribution in [0.3, 0.4) is 0 Å². The smallest absolute Gasteiger partial charge is 0.414 e. The van der Waals surface area contributed by atoms with Crippen LogP contribution >= 0.6 is 0 Å². The number of hydrogen-bond acceptors (Lipinski definition) is 7. The second-order valence-electron chi connectivity index (χ2n) is 8.37. The number of aromatic nitrogens is 2. The maximum Gasteiger partial charge on any atom is 0.414 e. The summed E-state index contributed by atoms with van der Waals surface area (Å²) < 4.78 is 35.6. The zero-order valence-corrected chi connectivity index (χ0v) is 20.4. The molecule has 180 valence electrons. The molecule has 0 saturated carbocycles. The second kappa shape index (κ2) is 9.82. The number of carbonyl (C=O) groups excluding carboxylic acids is 2. The van der Waals surface area contributed by atoms with E-state index in [-0.39, 0.29) is 30.9 Å². The average molecular weight is 479 g/mol. The van der Waals surface area contributed by atoms with Crippen molar-refractivity contribution in [2.45, 2.75) is 32.4 Å². The molecule has 0 bridgehead atoms. The lowest BCUT2D eigenvalue weighted by Crippen LogP contribution is -2.42. The van der Waals surface area contributed by atoms with Crippen LogP contribution in [-0.2, 0) is 32.3 Å². The molecular weight excluding hydrogens is 448 g/mol. The van der Waals surface area contributed by atoms with Gasteiger partial charge in [-0.15, -0.1) is 0 Å². The van der Waals surface area contributed by atoms with E-state index in [4.69, 9.17) is 9.47 Å². The molecule has 2 aromatic rings. The highest BCUT2D eigenvalue weighted by Gasteiger charge is 2.32. The Morgan fingerprint density at radius 1 is 1.27 bits per heavy atom. The van der Waals surface area contributed by atoms with Crippen molar-refractivity contribution in [3.63, 3.8) is 0 Å². The second-order valence-corrected chi connectivity index (χ2v) is 10.6. The van der Waals surface area contributed by atoms with Crippen LogP contribution in [0.2, 0.25) is 0 Å². The summed E-state index contributed by atoms with van der Waals surface area (Å²) in [6.45, 7) is 2.02. The van der Waals surface area contributed by atoms with E-state index in [0.717, 1.165) is 11.1 Å². The Labute approximate surface area is 194 Å². The molecule has 2 amide bonds. The molecule has 11 heteroatoms. The number of rotatable bonds is 7. The molecule has 0 fully saturated rings. The fourth-order valence-corrected chi connectivity index (χ4v) is 4.24. The number of aryl methyl sites for hydroxylation is 1. The van der Waals surface area contributed by atoms with E-state index in [1.165, 1.54) is 18.3 Å². The van der Waals surface area contributed by atoms with E-state index in [2.05, 4.69) is 5.10 Å². The molecule has 0 spiro atoms. The van der Waals surface area contributed by atoms with Gasteiger partial charge in [-0.05, 0) is 31.9 Å². The van der Waals surface area contributed by atoms with Crippen molar-refractivity contribution in [1.29, 1.82) is 0 Å². The van der Waals surface area contributed by atoms with Gasteiger partial charge in [-0.2, -0.15) is 5.10 Å². The summed E-state index contributed by atoms with van der Waals surface area (Å²) in [5, 5.41) is 4.28. The summed E-state index contributed by atoms with van der Waals surface area (Å²) in [6.07, 6.45) is 5.47. The van der Waals surface area contributed by atoms with Crippen molar-refractivity contribution in [3.05, 3.63) is 30.1 Å². The number of anilines is 1. The average Bonchev–Trinajstić information content (AvgIpc) is 3.23. The summed E-state index contributed by atoms with van der Waals surface area (Å²) in [7, 11) is 1.52. The van der Waals surface area contributed by atoms with Gasteiger partial charge in [-0.3, -0.25) is 14.4 Å². The lowest BCUT2D eigenvalue weighted by molar-refractivity contribution is -0.130. The number of amides is 2. The highest BCUT2D eigenvalue weighted by molar-refractivity contribution is 7.90. The van der Waals surface area contributed by atoms with Gasteiger partial charge in [0.05, 0.1) is 31.3 Å². The largest absolute Gasteiger partial charge is 0.483 e. The zero-order valence-electron chi connectivity index (χ0n) is 19.6. The van der Waals surface area contributed by atoms with Gasteiger partial charge < -0.3 is 14.4 Å². The van der Waals surface area contributed by atoms with Crippen molar-refractivity contribution in [1.82, 2.24) is 14.7 Å². The first-order chi connectivity index (χ1) is 15.5. The summed E-state index contributed by atoms with van der Waals surface area (Å²) in [6, 6.07) is 3.61. The zero-order chi connectivity index (χ0) is 24.3. The molecule has 0 N–H and O–H groups in total. The molecule has 2 heterocycles. The molecule has 1 aliphatic heterocycles. The van der Waals surface area contributed by atoms with Crippen molar-refractivity contribution in [3.8, 4) is 16.9 Å². The van der Waals surface area contributed by atoms with Crippen molar-refractivity contribution in [2.24, 2.45) is 0 Å². The maximum absolute atomic E-state index is 12.5. The Morgan fingerprint density at radius 3 is 2.64 bits per heavy atom. The predicted octanol–water partition coefficient (Wildman–Crippen LogP) is 1.97. The number of sulfone groups is 1. The number of hydrogen-bond donors (Lipinski definition) is 0. The lowest BCUT2D eigenvalue weighted by Gasteiger charge is -2.35. The van der Waals surface area contributed by atoms with E-state index in [9.17, 15) is 18.0 Å². The van der Waals surface area contributed by atoms with E-state index >= 15 is 0 Å². The molecule has 1 aromatic heterocycles. The summed E-state index contributed by atoms with van der Waals surface area (Å²) in [5.41, 5.74) is 2.93. The highest BCUT2D eigenvalue weighted by Crippen LogP contribution is 2.43. The third kappa shape index (κ3) is 5.65. The van der Waals surface area contributed by atoms with Crippen LogP contribution in [0.4, 0.5) is 10.5 Å². The number of carbonyl (C=O) groups is 2. The lowest BCUT2D eigenvalue weighted by atomic mass is 9.92. The van der Waals surface area contributed by atoms with Gasteiger partial charge in [0.2, 0.25) is 0 Å². The van der Waals surface area contributed by atoms with Crippen LogP contribution in [-0.4, -0.2) is 81.0 Å². The van der Waals surface area contributed by atoms with Crippen molar-refractivity contribution in [2.75, 3.05) is 44.7 Å². The fourth-order valence-electron chi connectivity index (χ4n) is 3.72. The first-order valence-corrected chi connectivity index (χ1v) is 12.6.